The molecule has 4 aromatic rings. The molecule has 0 fully saturated rings. The first-order valence-corrected chi connectivity index (χ1v) is 7.87. The highest BCUT2D eigenvalue weighted by atomic mass is 35.5. The number of halogens is 1. The van der Waals surface area contributed by atoms with E-state index in [1.54, 1.807) is 17.1 Å². The average Bonchev–Trinajstić information content (AvgIpc) is 3.16. The van der Waals surface area contributed by atoms with Gasteiger partial charge in [0.2, 0.25) is 5.95 Å². The first-order chi connectivity index (χ1) is 11.8. The first kappa shape index (κ1) is 14.7. The number of fused-ring (bicyclic) bond motifs is 1. The number of rotatable bonds is 3. The second-order valence-electron chi connectivity index (χ2n) is 5.27. The van der Waals surface area contributed by atoms with Crippen molar-refractivity contribution < 1.29 is 0 Å². The predicted molar refractivity (Wildman–Crippen MR) is 96.7 cm³/mol. The van der Waals surface area contributed by atoms with Gasteiger partial charge in [-0.25, -0.2) is 15.0 Å². The topological polar surface area (TPSA) is 55.6 Å². The van der Waals surface area contributed by atoms with Crippen molar-refractivity contribution >= 4 is 28.2 Å². The van der Waals surface area contributed by atoms with Crippen LogP contribution in [-0.2, 0) is 0 Å². The molecule has 24 heavy (non-hydrogen) atoms. The Morgan fingerprint density at radius 3 is 2.58 bits per heavy atom. The highest BCUT2D eigenvalue weighted by Gasteiger charge is 2.16. The van der Waals surface area contributed by atoms with Crippen LogP contribution in [0.3, 0.4) is 0 Å². The second-order valence-corrected chi connectivity index (χ2v) is 5.68. The highest BCUT2D eigenvalue weighted by Crippen LogP contribution is 2.36. The van der Waals surface area contributed by atoms with Gasteiger partial charge < -0.3 is 5.32 Å². The molecule has 0 aliphatic rings. The third-order valence-electron chi connectivity index (χ3n) is 3.83. The zero-order valence-electron chi connectivity index (χ0n) is 12.9. The monoisotopic (exact) mass is 335 g/mol. The van der Waals surface area contributed by atoms with Gasteiger partial charge in [0.05, 0.1) is 27.3 Å². The van der Waals surface area contributed by atoms with Crippen LogP contribution in [0.25, 0.3) is 28.1 Å². The molecular weight excluding hydrogens is 322 g/mol. The lowest BCUT2D eigenvalue weighted by molar-refractivity contribution is 0.943. The van der Waals surface area contributed by atoms with E-state index >= 15 is 0 Å². The fourth-order valence-corrected chi connectivity index (χ4v) is 2.98. The quantitative estimate of drug-likeness (QED) is 0.610. The Balaban J connectivity index is 2.10. The van der Waals surface area contributed by atoms with E-state index in [2.05, 4.69) is 15.3 Å². The molecule has 2 aromatic heterocycles. The zero-order valence-corrected chi connectivity index (χ0v) is 13.7. The number of hydrogen-bond acceptors (Lipinski definition) is 4. The SMILES string of the molecule is CNc1c(Cl)ccc2nc(-n3ccnc3)nc(-c3ccccc3)c12. The summed E-state index contributed by atoms with van der Waals surface area (Å²) in [5.74, 6) is 0.572. The molecule has 0 saturated carbocycles. The first-order valence-electron chi connectivity index (χ1n) is 7.49. The van der Waals surface area contributed by atoms with Gasteiger partial charge in [-0.2, -0.15) is 0 Å². The third kappa shape index (κ3) is 2.39. The van der Waals surface area contributed by atoms with E-state index in [4.69, 9.17) is 16.6 Å². The summed E-state index contributed by atoms with van der Waals surface area (Å²) < 4.78 is 1.79. The summed E-state index contributed by atoms with van der Waals surface area (Å²) in [5, 5.41) is 4.71. The van der Waals surface area contributed by atoms with Crippen molar-refractivity contribution in [2.75, 3.05) is 12.4 Å². The second kappa shape index (κ2) is 5.94. The van der Waals surface area contributed by atoms with E-state index in [0.29, 0.717) is 11.0 Å². The van der Waals surface area contributed by atoms with Gasteiger partial charge in [0.25, 0.3) is 0 Å². The maximum atomic E-state index is 6.37. The third-order valence-corrected chi connectivity index (χ3v) is 4.15. The van der Waals surface area contributed by atoms with Crippen LogP contribution in [-0.4, -0.2) is 26.6 Å². The van der Waals surface area contributed by atoms with E-state index in [-0.39, 0.29) is 0 Å². The summed E-state index contributed by atoms with van der Waals surface area (Å²) in [7, 11) is 1.85. The van der Waals surface area contributed by atoms with Crippen LogP contribution in [0.2, 0.25) is 5.02 Å². The van der Waals surface area contributed by atoms with Crippen LogP contribution in [0.1, 0.15) is 0 Å². The Morgan fingerprint density at radius 2 is 1.88 bits per heavy atom. The van der Waals surface area contributed by atoms with Crippen molar-refractivity contribution in [3.05, 3.63) is 66.2 Å². The number of imidazole rings is 1. The maximum absolute atomic E-state index is 6.37. The van der Waals surface area contributed by atoms with Crippen molar-refractivity contribution in [1.29, 1.82) is 0 Å². The van der Waals surface area contributed by atoms with Crippen molar-refractivity contribution in [3.63, 3.8) is 0 Å². The summed E-state index contributed by atoms with van der Waals surface area (Å²) in [4.78, 5) is 13.5. The summed E-state index contributed by atoms with van der Waals surface area (Å²) in [6.45, 7) is 0. The molecule has 118 valence electrons. The Hall–Kier alpha value is -2.92. The summed E-state index contributed by atoms with van der Waals surface area (Å²) in [6, 6.07) is 13.8. The Bertz CT molecular complexity index is 997. The Morgan fingerprint density at radius 1 is 1.04 bits per heavy atom. The molecule has 2 aromatic carbocycles. The molecule has 0 saturated heterocycles. The molecule has 4 rings (SSSR count). The molecule has 0 amide bonds. The molecule has 0 atom stereocenters. The van der Waals surface area contributed by atoms with Crippen molar-refractivity contribution in [2.24, 2.45) is 0 Å². The summed E-state index contributed by atoms with van der Waals surface area (Å²) in [5.41, 5.74) is 3.48. The number of nitrogens with one attached hydrogen (secondary N) is 1. The minimum Gasteiger partial charge on any atom is -0.386 e. The Kier molecular flexibility index (Phi) is 3.63. The van der Waals surface area contributed by atoms with Gasteiger partial charge in [-0.15, -0.1) is 0 Å². The van der Waals surface area contributed by atoms with Gasteiger partial charge in [0.15, 0.2) is 0 Å². The number of hydrogen-bond donors (Lipinski definition) is 1. The minimum atomic E-state index is 0.572. The number of anilines is 1. The molecule has 0 bridgehead atoms. The van der Waals surface area contributed by atoms with Crippen LogP contribution >= 0.6 is 11.6 Å². The van der Waals surface area contributed by atoms with E-state index in [1.165, 1.54) is 0 Å². The highest BCUT2D eigenvalue weighted by molar-refractivity contribution is 6.35. The lowest BCUT2D eigenvalue weighted by Gasteiger charge is -2.14. The minimum absolute atomic E-state index is 0.572. The number of aromatic nitrogens is 4. The van der Waals surface area contributed by atoms with Crippen LogP contribution in [0.15, 0.2) is 61.2 Å². The van der Waals surface area contributed by atoms with E-state index in [1.807, 2.05) is 55.7 Å². The van der Waals surface area contributed by atoms with Crippen molar-refractivity contribution in [2.45, 2.75) is 0 Å². The van der Waals surface area contributed by atoms with E-state index < -0.39 is 0 Å². The molecule has 0 spiro atoms. The average molecular weight is 336 g/mol. The van der Waals surface area contributed by atoms with Gasteiger partial charge in [0.1, 0.15) is 6.33 Å². The fourth-order valence-electron chi connectivity index (χ4n) is 2.73. The lowest BCUT2D eigenvalue weighted by Crippen LogP contribution is -2.03. The molecule has 2 heterocycles. The zero-order chi connectivity index (χ0) is 16.5. The molecule has 0 aliphatic carbocycles. The Labute approximate surface area is 144 Å². The fraction of sp³-hybridized carbons (Fsp3) is 0.0556. The molecule has 0 unspecified atom stereocenters. The van der Waals surface area contributed by atoms with Gasteiger partial charge >= 0.3 is 0 Å². The normalized spacial score (nSPS) is 10.9. The van der Waals surface area contributed by atoms with Gasteiger partial charge in [-0.05, 0) is 12.1 Å². The smallest absolute Gasteiger partial charge is 0.236 e. The number of nitrogens with zero attached hydrogens (tertiary/aromatic N) is 4. The van der Waals surface area contributed by atoms with Crippen LogP contribution in [0.4, 0.5) is 5.69 Å². The standard InChI is InChI=1S/C18H14ClN5/c1-20-17-13(19)7-8-14-15(17)16(12-5-3-2-4-6-12)23-18(22-14)24-10-9-21-11-24/h2-11,20H,1H3. The predicted octanol–water partition coefficient (Wildman–Crippen LogP) is 4.18. The van der Waals surface area contributed by atoms with Crippen LogP contribution < -0.4 is 5.32 Å². The van der Waals surface area contributed by atoms with Crippen LogP contribution in [0.5, 0.6) is 0 Å². The van der Waals surface area contributed by atoms with Crippen LogP contribution in [0, 0.1) is 0 Å². The van der Waals surface area contributed by atoms with E-state index in [9.17, 15) is 0 Å². The number of benzene rings is 2. The largest absolute Gasteiger partial charge is 0.386 e. The summed E-state index contributed by atoms with van der Waals surface area (Å²) in [6.07, 6.45) is 5.21. The van der Waals surface area contributed by atoms with Crippen molar-refractivity contribution in [1.82, 2.24) is 19.5 Å². The van der Waals surface area contributed by atoms with E-state index in [0.717, 1.165) is 27.8 Å². The molecular formula is C18H14ClN5. The van der Waals surface area contributed by atoms with Gasteiger partial charge in [-0.3, -0.25) is 4.57 Å². The van der Waals surface area contributed by atoms with Gasteiger partial charge in [0, 0.05) is 25.0 Å². The molecule has 0 aliphatic heterocycles. The lowest BCUT2D eigenvalue weighted by atomic mass is 10.0. The summed E-state index contributed by atoms with van der Waals surface area (Å²) >= 11 is 6.37. The maximum Gasteiger partial charge on any atom is 0.236 e. The molecule has 1 N–H and O–H groups in total. The molecule has 6 heteroatoms. The van der Waals surface area contributed by atoms with Crippen molar-refractivity contribution in [3.8, 4) is 17.2 Å². The van der Waals surface area contributed by atoms with Gasteiger partial charge in [-0.1, -0.05) is 41.9 Å². The molecule has 0 radical (unpaired) electrons. The molecule has 5 nitrogen and oxygen atoms in total.